The second kappa shape index (κ2) is 8.77. The number of pyridine rings is 1. The van der Waals surface area contributed by atoms with E-state index < -0.39 is 23.9 Å². The SMILES string of the molecule is CC(=O)Nc1ccc(C(O)C(O)CCNC(=O)OC(C)(C)C)c(C)n1. The highest BCUT2D eigenvalue weighted by Crippen LogP contribution is 2.22. The van der Waals surface area contributed by atoms with Crippen molar-refractivity contribution in [2.24, 2.45) is 0 Å². The highest BCUT2D eigenvalue weighted by atomic mass is 16.6. The summed E-state index contributed by atoms with van der Waals surface area (Å²) < 4.78 is 5.09. The van der Waals surface area contributed by atoms with Crippen molar-refractivity contribution in [2.75, 3.05) is 11.9 Å². The van der Waals surface area contributed by atoms with Crippen LogP contribution in [-0.2, 0) is 9.53 Å². The lowest BCUT2D eigenvalue weighted by Gasteiger charge is -2.22. The molecule has 2 unspecified atom stereocenters. The van der Waals surface area contributed by atoms with Gasteiger partial charge in [-0.15, -0.1) is 0 Å². The molecule has 0 radical (unpaired) electrons. The van der Waals surface area contributed by atoms with Gasteiger partial charge in [0.1, 0.15) is 17.5 Å². The number of aromatic nitrogens is 1. The van der Waals surface area contributed by atoms with Crippen molar-refractivity contribution in [2.45, 2.75) is 58.8 Å². The Labute approximate surface area is 147 Å². The second-order valence-corrected chi connectivity index (χ2v) is 6.78. The van der Waals surface area contributed by atoms with Gasteiger partial charge >= 0.3 is 6.09 Å². The maximum absolute atomic E-state index is 11.5. The molecule has 0 spiro atoms. The van der Waals surface area contributed by atoms with Crippen molar-refractivity contribution in [3.63, 3.8) is 0 Å². The molecule has 0 saturated heterocycles. The minimum atomic E-state index is -1.15. The summed E-state index contributed by atoms with van der Waals surface area (Å²) in [5.74, 6) is 0.135. The van der Waals surface area contributed by atoms with Crippen LogP contribution in [0.15, 0.2) is 12.1 Å². The Morgan fingerprint density at radius 2 is 1.92 bits per heavy atom. The van der Waals surface area contributed by atoms with E-state index in [-0.39, 0.29) is 18.9 Å². The normalized spacial score (nSPS) is 13.7. The average molecular weight is 353 g/mol. The molecule has 0 fully saturated rings. The van der Waals surface area contributed by atoms with Gasteiger partial charge in [0.2, 0.25) is 5.91 Å². The van der Waals surface area contributed by atoms with Crippen molar-refractivity contribution in [1.29, 1.82) is 0 Å². The van der Waals surface area contributed by atoms with Crippen LogP contribution in [0.25, 0.3) is 0 Å². The Morgan fingerprint density at radius 1 is 1.28 bits per heavy atom. The maximum Gasteiger partial charge on any atom is 0.407 e. The molecule has 8 nitrogen and oxygen atoms in total. The summed E-state index contributed by atoms with van der Waals surface area (Å²) in [4.78, 5) is 26.7. The van der Waals surface area contributed by atoms with Crippen LogP contribution >= 0.6 is 0 Å². The average Bonchev–Trinajstić information content (AvgIpc) is 2.44. The number of nitrogens with zero attached hydrogens (tertiary/aromatic N) is 1. The number of carbonyl (C=O) groups excluding carboxylic acids is 2. The van der Waals surface area contributed by atoms with Gasteiger partial charge in [-0.3, -0.25) is 4.79 Å². The summed E-state index contributed by atoms with van der Waals surface area (Å²) in [7, 11) is 0. The largest absolute Gasteiger partial charge is 0.444 e. The Balaban J connectivity index is 2.57. The molecule has 1 aromatic heterocycles. The molecule has 0 aliphatic heterocycles. The van der Waals surface area contributed by atoms with Crippen LogP contribution in [0.2, 0.25) is 0 Å². The fraction of sp³-hybridized carbons (Fsp3) is 0.588. The Morgan fingerprint density at radius 3 is 2.44 bits per heavy atom. The quantitative estimate of drug-likeness (QED) is 0.617. The lowest BCUT2D eigenvalue weighted by Crippen LogP contribution is -2.34. The zero-order valence-corrected chi connectivity index (χ0v) is 15.3. The molecule has 0 aromatic carbocycles. The van der Waals surface area contributed by atoms with E-state index in [1.807, 2.05) is 0 Å². The summed E-state index contributed by atoms with van der Waals surface area (Å²) in [6.07, 6.45) is -2.67. The molecule has 25 heavy (non-hydrogen) atoms. The smallest absolute Gasteiger partial charge is 0.407 e. The fourth-order valence-corrected chi connectivity index (χ4v) is 2.14. The molecule has 8 heteroatoms. The van der Waals surface area contributed by atoms with E-state index in [0.29, 0.717) is 17.1 Å². The summed E-state index contributed by atoms with van der Waals surface area (Å²) in [5, 5.41) is 25.5. The van der Waals surface area contributed by atoms with Gasteiger partial charge < -0.3 is 25.6 Å². The molecule has 2 amide bonds. The van der Waals surface area contributed by atoms with Gasteiger partial charge in [-0.05, 0) is 40.2 Å². The van der Waals surface area contributed by atoms with E-state index in [1.165, 1.54) is 6.92 Å². The molecule has 0 aliphatic carbocycles. The highest BCUT2D eigenvalue weighted by molar-refractivity contribution is 5.87. The summed E-state index contributed by atoms with van der Waals surface area (Å²) >= 11 is 0. The van der Waals surface area contributed by atoms with Gasteiger partial charge in [-0.1, -0.05) is 6.07 Å². The van der Waals surface area contributed by atoms with Crippen molar-refractivity contribution < 1.29 is 24.5 Å². The predicted molar refractivity (Wildman–Crippen MR) is 93.1 cm³/mol. The monoisotopic (exact) mass is 353 g/mol. The first-order chi connectivity index (χ1) is 11.5. The molecule has 0 aliphatic rings. The van der Waals surface area contributed by atoms with Gasteiger partial charge in [0.05, 0.1) is 6.10 Å². The zero-order chi connectivity index (χ0) is 19.2. The molecule has 2 atom stereocenters. The Hall–Kier alpha value is -2.19. The maximum atomic E-state index is 11.5. The number of ether oxygens (including phenoxy) is 1. The van der Waals surface area contributed by atoms with Crippen LogP contribution in [0, 0.1) is 6.92 Å². The summed E-state index contributed by atoms with van der Waals surface area (Å²) in [6, 6.07) is 3.15. The van der Waals surface area contributed by atoms with Gasteiger partial charge in [-0.25, -0.2) is 9.78 Å². The van der Waals surface area contributed by atoms with Crippen LogP contribution in [0.1, 0.15) is 51.5 Å². The van der Waals surface area contributed by atoms with Crippen LogP contribution in [-0.4, -0.2) is 45.4 Å². The standard InChI is InChI=1S/C17H27N3O5/c1-10-12(6-7-14(19-10)20-11(2)21)15(23)13(22)8-9-18-16(24)25-17(3,4)5/h6-7,13,15,22-23H,8-9H2,1-5H3,(H,18,24)(H,19,20,21). The topological polar surface area (TPSA) is 121 Å². The number of hydrogen-bond donors (Lipinski definition) is 4. The molecule has 1 rings (SSSR count). The van der Waals surface area contributed by atoms with E-state index >= 15 is 0 Å². The molecular weight excluding hydrogens is 326 g/mol. The molecule has 4 N–H and O–H groups in total. The first kappa shape index (κ1) is 20.9. The highest BCUT2D eigenvalue weighted by Gasteiger charge is 2.22. The summed E-state index contributed by atoms with van der Waals surface area (Å²) in [6.45, 7) is 8.48. The Kier molecular flexibility index (Phi) is 7.32. The van der Waals surface area contributed by atoms with E-state index in [4.69, 9.17) is 4.74 Å². The third kappa shape index (κ3) is 7.49. The number of rotatable bonds is 6. The van der Waals surface area contributed by atoms with E-state index in [0.717, 1.165) is 0 Å². The van der Waals surface area contributed by atoms with Crippen LogP contribution in [0.4, 0.5) is 10.6 Å². The van der Waals surface area contributed by atoms with E-state index in [1.54, 1.807) is 39.8 Å². The zero-order valence-electron chi connectivity index (χ0n) is 15.3. The number of aryl methyl sites for hydroxylation is 1. The molecule has 1 aromatic rings. The number of aliphatic hydroxyl groups is 2. The lowest BCUT2D eigenvalue weighted by molar-refractivity contribution is -0.114. The van der Waals surface area contributed by atoms with Gasteiger partial charge in [0, 0.05) is 24.7 Å². The molecule has 1 heterocycles. The molecule has 0 saturated carbocycles. The van der Waals surface area contributed by atoms with Crippen molar-refractivity contribution in [1.82, 2.24) is 10.3 Å². The minimum Gasteiger partial charge on any atom is -0.444 e. The van der Waals surface area contributed by atoms with Crippen molar-refractivity contribution in [3.05, 3.63) is 23.4 Å². The third-order valence-electron chi connectivity index (χ3n) is 3.22. The summed E-state index contributed by atoms with van der Waals surface area (Å²) in [5.41, 5.74) is 0.359. The first-order valence-electron chi connectivity index (χ1n) is 8.07. The number of nitrogens with one attached hydrogen (secondary N) is 2. The number of hydrogen-bond acceptors (Lipinski definition) is 6. The predicted octanol–water partition coefficient (Wildman–Crippen LogP) is 1.66. The number of alkyl carbamates (subject to hydrolysis) is 1. The number of aliphatic hydroxyl groups excluding tert-OH is 2. The molecular formula is C17H27N3O5. The molecule has 0 bridgehead atoms. The van der Waals surface area contributed by atoms with E-state index in [2.05, 4.69) is 15.6 Å². The Bertz CT molecular complexity index is 613. The lowest BCUT2D eigenvalue weighted by atomic mass is 10.0. The van der Waals surface area contributed by atoms with Gasteiger partial charge in [0.15, 0.2) is 0 Å². The number of carbonyl (C=O) groups is 2. The van der Waals surface area contributed by atoms with Crippen molar-refractivity contribution in [3.8, 4) is 0 Å². The second-order valence-electron chi connectivity index (χ2n) is 6.78. The third-order valence-corrected chi connectivity index (χ3v) is 3.22. The number of amides is 2. The first-order valence-corrected chi connectivity index (χ1v) is 8.07. The van der Waals surface area contributed by atoms with Gasteiger partial charge in [-0.2, -0.15) is 0 Å². The molecule has 140 valence electrons. The van der Waals surface area contributed by atoms with Crippen LogP contribution in [0.3, 0.4) is 0 Å². The van der Waals surface area contributed by atoms with Crippen LogP contribution < -0.4 is 10.6 Å². The van der Waals surface area contributed by atoms with E-state index in [9.17, 15) is 19.8 Å². The minimum absolute atomic E-state index is 0.146. The van der Waals surface area contributed by atoms with Gasteiger partial charge in [0.25, 0.3) is 0 Å². The van der Waals surface area contributed by atoms with Crippen molar-refractivity contribution >= 4 is 17.8 Å². The van der Waals surface area contributed by atoms with Crippen LogP contribution in [0.5, 0.6) is 0 Å². The fourth-order valence-electron chi connectivity index (χ4n) is 2.14. The number of anilines is 1.